The minimum absolute atomic E-state index is 0.684. The Morgan fingerprint density at radius 3 is 2.29 bits per heavy atom. The highest BCUT2D eigenvalue weighted by Crippen LogP contribution is 2.30. The molecule has 3 nitrogen and oxygen atoms in total. The number of hydrogen-bond acceptors (Lipinski definition) is 4. The maximum atomic E-state index is 12.1. The average molecular weight is 445 g/mol. The molecule has 1 aliphatic heterocycles. The maximum absolute atomic E-state index is 12.1. The lowest BCUT2D eigenvalue weighted by atomic mass is 10.2. The van der Waals surface area contributed by atoms with Gasteiger partial charge < -0.3 is 0 Å². The fourth-order valence-corrected chi connectivity index (χ4v) is 4.22. The standard InChI is InChI=1S/C15H16N2OS2.C7H4.C4H4/c1-2-3-9-20(18)14-10-11-6-7-12(16-15(11)17-14)13-5-4-8-19-13;1-3-5-7-6-4-2;1-3-4-2/h4-8H,2-3,9-10H2,1H3;1-2H2;1-2H2. The molecule has 1 aliphatic rings. The molecule has 0 aliphatic carbocycles. The largest absolute Gasteiger partial charge is 0.253 e. The van der Waals surface area contributed by atoms with Gasteiger partial charge in [0.2, 0.25) is 0 Å². The molecule has 1 atom stereocenters. The van der Waals surface area contributed by atoms with Crippen molar-refractivity contribution in [1.29, 1.82) is 0 Å². The first-order chi connectivity index (χ1) is 15.1. The van der Waals surface area contributed by atoms with Crippen LogP contribution in [-0.2, 0) is 17.2 Å². The first-order valence-corrected chi connectivity index (χ1v) is 11.6. The van der Waals surface area contributed by atoms with E-state index in [1.165, 1.54) is 0 Å². The van der Waals surface area contributed by atoms with Crippen LogP contribution in [0.5, 0.6) is 0 Å². The smallest absolute Gasteiger partial charge is 0.157 e. The van der Waals surface area contributed by atoms with Gasteiger partial charge in [-0.25, -0.2) is 9.98 Å². The molecule has 0 bridgehead atoms. The fraction of sp³-hybridized carbons (Fsp3) is 0.192. The molecule has 0 N–H and O–H groups in total. The van der Waals surface area contributed by atoms with Gasteiger partial charge in [0.05, 0.1) is 21.4 Å². The van der Waals surface area contributed by atoms with Crippen molar-refractivity contribution < 1.29 is 4.21 Å². The number of rotatable bonds is 4. The molecule has 0 saturated heterocycles. The number of unbranched alkanes of at least 4 members (excludes halogenated alkanes) is 1. The van der Waals surface area contributed by atoms with Gasteiger partial charge >= 0.3 is 0 Å². The number of aliphatic imine (C=N–C) groups is 1. The third-order valence-electron chi connectivity index (χ3n) is 3.67. The highest BCUT2D eigenvalue weighted by atomic mass is 32.2. The maximum Gasteiger partial charge on any atom is 0.157 e. The monoisotopic (exact) mass is 444 g/mol. The van der Waals surface area contributed by atoms with Crippen molar-refractivity contribution >= 4 is 33.0 Å². The Bertz CT molecular complexity index is 1150. The normalized spacial score (nSPS) is 10.8. The number of hydrogen-bond donors (Lipinski definition) is 0. The summed E-state index contributed by atoms with van der Waals surface area (Å²) in [6, 6.07) is 8.16. The molecular weight excluding hydrogens is 420 g/mol. The Morgan fingerprint density at radius 2 is 1.74 bits per heavy atom. The number of pyridine rings is 1. The zero-order chi connectivity index (χ0) is 22.9. The lowest BCUT2D eigenvalue weighted by Gasteiger charge is -2.00. The molecule has 3 rings (SSSR count). The van der Waals surface area contributed by atoms with Crippen LogP contribution in [0.4, 0.5) is 5.82 Å². The van der Waals surface area contributed by atoms with E-state index in [-0.39, 0.29) is 0 Å². The van der Waals surface area contributed by atoms with Gasteiger partial charge in [-0.15, -0.1) is 11.3 Å². The molecule has 0 spiro atoms. The molecule has 0 radical (unpaired) electrons. The van der Waals surface area contributed by atoms with Crippen molar-refractivity contribution in [2.75, 3.05) is 5.75 Å². The van der Waals surface area contributed by atoms with Crippen LogP contribution in [0.15, 0.2) is 101 Å². The van der Waals surface area contributed by atoms with Crippen molar-refractivity contribution in [3.05, 3.63) is 102 Å². The van der Waals surface area contributed by atoms with E-state index in [0.29, 0.717) is 12.2 Å². The second kappa shape index (κ2) is 15.4. The van der Waals surface area contributed by atoms with E-state index in [1.54, 1.807) is 11.3 Å². The topological polar surface area (TPSA) is 42.3 Å². The van der Waals surface area contributed by atoms with E-state index < -0.39 is 10.8 Å². The summed E-state index contributed by atoms with van der Waals surface area (Å²) >= 11 is 1.67. The SMILES string of the molecule is C=C=C=C.C=C=C=C=C=C=C.CCCCS(=O)C1=Nc2nc(-c3cccs3)ccc2C1. The number of aromatic nitrogens is 1. The lowest BCUT2D eigenvalue weighted by Crippen LogP contribution is -2.10. The van der Waals surface area contributed by atoms with Crippen molar-refractivity contribution in [3.63, 3.8) is 0 Å². The van der Waals surface area contributed by atoms with Gasteiger partial charge in [-0.1, -0.05) is 48.4 Å². The second-order valence-electron chi connectivity index (χ2n) is 5.82. The zero-order valence-corrected chi connectivity index (χ0v) is 19.3. The molecule has 3 heterocycles. The Kier molecular flexibility index (Phi) is 12.8. The van der Waals surface area contributed by atoms with Crippen LogP contribution >= 0.6 is 11.3 Å². The van der Waals surface area contributed by atoms with Gasteiger partial charge in [-0.3, -0.25) is 4.21 Å². The van der Waals surface area contributed by atoms with E-state index in [2.05, 4.69) is 95.5 Å². The minimum atomic E-state index is -0.952. The quantitative estimate of drug-likeness (QED) is 0.496. The molecule has 0 amide bonds. The van der Waals surface area contributed by atoms with Crippen molar-refractivity contribution in [2.24, 2.45) is 4.99 Å². The van der Waals surface area contributed by atoms with Gasteiger partial charge in [-0.05, 0) is 67.4 Å². The number of thiophene rings is 1. The summed E-state index contributed by atoms with van der Waals surface area (Å²) in [5.74, 6) is 1.46. The summed E-state index contributed by atoms with van der Waals surface area (Å²) in [6.07, 6.45) is 2.73. The molecule has 2 aromatic rings. The summed E-state index contributed by atoms with van der Waals surface area (Å²) < 4.78 is 12.1. The third-order valence-corrected chi connectivity index (χ3v) is 5.99. The average Bonchev–Trinajstić information content (AvgIpc) is 3.48. The molecule has 0 aromatic carbocycles. The van der Waals surface area contributed by atoms with Gasteiger partial charge in [-0.2, -0.15) is 0 Å². The van der Waals surface area contributed by atoms with Crippen LogP contribution < -0.4 is 0 Å². The van der Waals surface area contributed by atoms with E-state index in [1.807, 2.05) is 17.5 Å². The van der Waals surface area contributed by atoms with Gasteiger partial charge in [0.15, 0.2) is 5.82 Å². The second-order valence-corrected chi connectivity index (χ2v) is 8.34. The van der Waals surface area contributed by atoms with Crippen LogP contribution in [-0.4, -0.2) is 20.0 Å². The molecule has 0 fully saturated rings. The molecule has 0 saturated carbocycles. The Labute approximate surface area is 191 Å². The van der Waals surface area contributed by atoms with E-state index in [0.717, 1.165) is 39.8 Å². The van der Waals surface area contributed by atoms with E-state index >= 15 is 0 Å². The summed E-state index contributed by atoms with van der Waals surface area (Å²) in [4.78, 5) is 10.2. The third kappa shape index (κ3) is 9.31. The molecule has 5 heteroatoms. The zero-order valence-electron chi connectivity index (χ0n) is 17.7. The summed E-state index contributed by atoms with van der Waals surface area (Å²) in [7, 11) is -0.952. The molecule has 31 heavy (non-hydrogen) atoms. The van der Waals surface area contributed by atoms with Crippen molar-refractivity contribution in [3.8, 4) is 10.6 Å². The highest BCUT2D eigenvalue weighted by molar-refractivity contribution is 8.00. The van der Waals surface area contributed by atoms with Crippen LogP contribution in [0.3, 0.4) is 0 Å². The molecular formula is C26H24N2OS2. The molecule has 1 unspecified atom stereocenters. The van der Waals surface area contributed by atoms with Crippen molar-refractivity contribution in [1.82, 2.24) is 4.98 Å². The fourth-order valence-electron chi connectivity index (χ4n) is 2.24. The lowest BCUT2D eigenvalue weighted by molar-refractivity contribution is 0.686. The van der Waals surface area contributed by atoms with Gasteiger partial charge in [0.25, 0.3) is 0 Å². The highest BCUT2D eigenvalue weighted by Gasteiger charge is 2.20. The Morgan fingerprint density at radius 1 is 1.03 bits per heavy atom. The van der Waals surface area contributed by atoms with E-state index in [9.17, 15) is 4.21 Å². The van der Waals surface area contributed by atoms with Crippen molar-refractivity contribution in [2.45, 2.75) is 26.2 Å². The molecule has 156 valence electrons. The Hall–Kier alpha value is -3.39. The summed E-state index contributed by atoms with van der Waals surface area (Å²) in [6.45, 7) is 15.0. The van der Waals surface area contributed by atoms with E-state index in [4.69, 9.17) is 0 Å². The summed E-state index contributed by atoms with van der Waals surface area (Å²) in [5, 5.41) is 2.82. The van der Waals surface area contributed by atoms with Gasteiger partial charge in [0.1, 0.15) is 5.04 Å². The van der Waals surface area contributed by atoms with Crippen LogP contribution in [0.1, 0.15) is 25.3 Å². The van der Waals surface area contributed by atoms with Crippen LogP contribution in [0, 0.1) is 0 Å². The minimum Gasteiger partial charge on any atom is -0.253 e. The first-order valence-electron chi connectivity index (χ1n) is 9.44. The first kappa shape index (κ1) is 25.6. The predicted octanol–water partition coefficient (Wildman–Crippen LogP) is 6.64. The van der Waals surface area contributed by atoms with Crippen LogP contribution in [0.25, 0.3) is 10.6 Å². The molecule has 2 aromatic heterocycles. The van der Waals surface area contributed by atoms with Gasteiger partial charge in [0, 0.05) is 17.7 Å². The number of nitrogens with zero attached hydrogens (tertiary/aromatic N) is 2. The predicted molar refractivity (Wildman–Crippen MR) is 133 cm³/mol. The van der Waals surface area contributed by atoms with Crippen LogP contribution in [0.2, 0.25) is 0 Å². The summed E-state index contributed by atoms with van der Waals surface area (Å²) in [5.41, 5.74) is 18.7. The number of fused-ring (bicyclic) bond motifs is 1. The Balaban J connectivity index is 0.000000366.